The van der Waals surface area contributed by atoms with Crippen molar-refractivity contribution in [2.75, 3.05) is 20.2 Å². The largest absolute Gasteiger partial charge is 0.495 e. The second-order valence-electron chi connectivity index (χ2n) is 4.01. The fourth-order valence-electron chi connectivity index (χ4n) is 2.15. The summed E-state index contributed by atoms with van der Waals surface area (Å²) in [4.78, 5) is 0. The number of methoxy groups -OCH3 is 1. The van der Waals surface area contributed by atoms with Crippen molar-refractivity contribution in [3.63, 3.8) is 0 Å². The Morgan fingerprint density at radius 3 is 2.87 bits per heavy atom. The van der Waals surface area contributed by atoms with Crippen LogP contribution in [0.4, 0.5) is 0 Å². The Balaban J connectivity index is 2.39. The van der Waals surface area contributed by atoms with Crippen molar-refractivity contribution in [2.45, 2.75) is 19.3 Å². The van der Waals surface area contributed by atoms with E-state index < -0.39 is 0 Å². The summed E-state index contributed by atoms with van der Waals surface area (Å²) in [5.41, 5.74) is 2.54. The van der Waals surface area contributed by atoms with Gasteiger partial charge in [0.15, 0.2) is 0 Å². The zero-order chi connectivity index (χ0) is 10.8. The Hall–Kier alpha value is -0.540. The molecule has 0 aromatic heterocycles. The van der Waals surface area contributed by atoms with Gasteiger partial charge in [0.2, 0.25) is 0 Å². The molecule has 2 nitrogen and oxygen atoms in total. The van der Waals surface area contributed by atoms with E-state index in [1.54, 1.807) is 7.11 Å². The Kier molecular flexibility index (Phi) is 3.32. The molecule has 1 aliphatic rings. The van der Waals surface area contributed by atoms with E-state index >= 15 is 0 Å². The zero-order valence-corrected chi connectivity index (χ0v) is 10.7. The first-order valence-electron chi connectivity index (χ1n) is 5.27. The zero-order valence-electron chi connectivity index (χ0n) is 9.14. The number of hydrogen-bond donors (Lipinski definition) is 1. The Morgan fingerprint density at radius 2 is 2.27 bits per heavy atom. The van der Waals surface area contributed by atoms with Crippen LogP contribution in [0.5, 0.6) is 5.75 Å². The predicted octanol–water partition coefficient (Wildman–Crippen LogP) is 2.84. The van der Waals surface area contributed by atoms with Crippen LogP contribution in [0.1, 0.15) is 23.5 Å². The van der Waals surface area contributed by atoms with Gasteiger partial charge in [-0.05, 0) is 52.9 Å². The summed E-state index contributed by atoms with van der Waals surface area (Å²) in [6.07, 6.45) is 1.21. The van der Waals surface area contributed by atoms with Crippen LogP contribution in [-0.4, -0.2) is 20.2 Å². The summed E-state index contributed by atoms with van der Waals surface area (Å²) in [7, 11) is 1.73. The van der Waals surface area contributed by atoms with Gasteiger partial charge in [-0.3, -0.25) is 0 Å². The van der Waals surface area contributed by atoms with Crippen molar-refractivity contribution in [2.24, 2.45) is 0 Å². The van der Waals surface area contributed by atoms with Gasteiger partial charge < -0.3 is 10.1 Å². The summed E-state index contributed by atoms with van der Waals surface area (Å²) in [5, 5.41) is 3.39. The van der Waals surface area contributed by atoms with Crippen LogP contribution in [0.3, 0.4) is 0 Å². The smallest absolute Gasteiger partial charge is 0.136 e. The topological polar surface area (TPSA) is 21.3 Å². The van der Waals surface area contributed by atoms with E-state index in [0.717, 1.165) is 23.3 Å². The van der Waals surface area contributed by atoms with E-state index in [0.29, 0.717) is 5.92 Å². The first-order chi connectivity index (χ1) is 7.24. The molecule has 1 aromatic carbocycles. The van der Waals surface area contributed by atoms with Gasteiger partial charge in [0.25, 0.3) is 0 Å². The van der Waals surface area contributed by atoms with Crippen LogP contribution >= 0.6 is 15.9 Å². The lowest BCUT2D eigenvalue weighted by Crippen LogP contribution is -2.08. The van der Waals surface area contributed by atoms with Crippen LogP contribution in [0.25, 0.3) is 0 Å². The van der Waals surface area contributed by atoms with Crippen LogP contribution < -0.4 is 10.1 Å². The highest BCUT2D eigenvalue weighted by atomic mass is 79.9. The number of benzene rings is 1. The van der Waals surface area contributed by atoms with E-state index in [-0.39, 0.29) is 0 Å². The van der Waals surface area contributed by atoms with Crippen LogP contribution in [-0.2, 0) is 0 Å². The Morgan fingerprint density at radius 1 is 1.47 bits per heavy atom. The van der Waals surface area contributed by atoms with Crippen molar-refractivity contribution in [1.29, 1.82) is 0 Å². The molecule has 1 aromatic rings. The van der Waals surface area contributed by atoms with Gasteiger partial charge in [0.1, 0.15) is 5.75 Å². The van der Waals surface area contributed by atoms with E-state index in [2.05, 4.69) is 40.3 Å². The summed E-state index contributed by atoms with van der Waals surface area (Å²) < 4.78 is 6.53. The second-order valence-corrected chi connectivity index (χ2v) is 4.80. The van der Waals surface area contributed by atoms with Crippen LogP contribution in [0.2, 0.25) is 0 Å². The molecular formula is C12H16BrNO. The molecule has 82 valence electrons. The molecule has 0 bridgehead atoms. The molecule has 1 aliphatic heterocycles. The van der Waals surface area contributed by atoms with Gasteiger partial charge in [-0.15, -0.1) is 0 Å². The molecule has 1 heterocycles. The number of hydrogen-bond acceptors (Lipinski definition) is 2. The van der Waals surface area contributed by atoms with Crippen molar-refractivity contribution in [1.82, 2.24) is 5.32 Å². The third-order valence-corrected chi connectivity index (χ3v) is 3.85. The molecule has 2 rings (SSSR count). The van der Waals surface area contributed by atoms with E-state index in [4.69, 9.17) is 4.74 Å². The van der Waals surface area contributed by atoms with Crippen molar-refractivity contribution in [3.05, 3.63) is 27.7 Å². The first-order valence-corrected chi connectivity index (χ1v) is 6.07. The highest BCUT2D eigenvalue weighted by Gasteiger charge is 2.21. The maximum absolute atomic E-state index is 5.41. The lowest BCUT2D eigenvalue weighted by Gasteiger charge is -2.15. The fraction of sp³-hybridized carbons (Fsp3) is 0.500. The molecule has 1 unspecified atom stereocenters. The van der Waals surface area contributed by atoms with Gasteiger partial charge >= 0.3 is 0 Å². The maximum Gasteiger partial charge on any atom is 0.136 e. The van der Waals surface area contributed by atoms with Gasteiger partial charge in [-0.1, -0.05) is 12.1 Å². The standard InChI is InChI=1S/C12H16BrNO/c1-8-3-4-10(9-5-6-14-7-9)11(13)12(8)15-2/h3-4,9,14H,5-7H2,1-2H3. The molecular weight excluding hydrogens is 254 g/mol. The number of halogens is 1. The lowest BCUT2D eigenvalue weighted by atomic mass is 9.97. The SMILES string of the molecule is COc1c(C)ccc(C2CCNC2)c1Br. The van der Waals surface area contributed by atoms with Crippen LogP contribution in [0.15, 0.2) is 16.6 Å². The molecule has 0 radical (unpaired) electrons. The molecule has 0 saturated carbocycles. The minimum Gasteiger partial charge on any atom is -0.495 e. The van der Waals surface area contributed by atoms with Crippen molar-refractivity contribution < 1.29 is 4.74 Å². The lowest BCUT2D eigenvalue weighted by molar-refractivity contribution is 0.408. The fourth-order valence-corrected chi connectivity index (χ4v) is 3.08. The molecule has 1 N–H and O–H groups in total. The predicted molar refractivity (Wildman–Crippen MR) is 65.7 cm³/mol. The molecule has 0 spiro atoms. The Labute approximate surface area is 99.1 Å². The Bertz CT molecular complexity index is 359. The number of nitrogens with one attached hydrogen (secondary N) is 1. The number of aryl methyl sites for hydroxylation is 1. The second kappa shape index (κ2) is 4.54. The highest BCUT2D eigenvalue weighted by Crippen LogP contribution is 2.37. The first kappa shape index (κ1) is 11.0. The summed E-state index contributed by atoms with van der Waals surface area (Å²) in [5.74, 6) is 1.59. The summed E-state index contributed by atoms with van der Waals surface area (Å²) in [6, 6.07) is 4.34. The van der Waals surface area contributed by atoms with Gasteiger partial charge in [-0.2, -0.15) is 0 Å². The summed E-state index contributed by atoms with van der Waals surface area (Å²) >= 11 is 3.65. The van der Waals surface area contributed by atoms with Crippen molar-refractivity contribution >= 4 is 15.9 Å². The minimum absolute atomic E-state index is 0.619. The van der Waals surface area contributed by atoms with Gasteiger partial charge in [0, 0.05) is 6.54 Å². The molecule has 0 aliphatic carbocycles. The van der Waals surface area contributed by atoms with Crippen molar-refractivity contribution in [3.8, 4) is 5.75 Å². The van der Waals surface area contributed by atoms with Gasteiger partial charge in [-0.25, -0.2) is 0 Å². The molecule has 1 fully saturated rings. The van der Waals surface area contributed by atoms with E-state index in [1.165, 1.54) is 17.5 Å². The monoisotopic (exact) mass is 269 g/mol. The normalized spacial score (nSPS) is 20.6. The molecule has 1 atom stereocenters. The number of ether oxygens (including phenoxy) is 1. The minimum atomic E-state index is 0.619. The molecule has 3 heteroatoms. The maximum atomic E-state index is 5.41. The van der Waals surface area contributed by atoms with E-state index in [1.807, 2.05) is 0 Å². The molecule has 0 amide bonds. The molecule has 1 saturated heterocycles. The van der Waals surface area contributed by atoms with Crippen LogP contribution in [0, 0.1) is 6.92 Å². The average Bonchev–Trinajstić information content (AvgIpc) is 2.71. The third-order valence-electron chi connectivity index (χ3n) is 3.03. The third kappa shape index (κ3) is 2.04. The highest BCUT2D eigenvalue weighted by molar-refractivity contribution is 9.10. The van der Waals surface area contributed by atoms with Gasteiger partial charge in [0.05, 0.1) is 11.6 Å². The molecule has 15 heavy (non-hydrogen) atoms. The quantitative estimate of drug-likeness (QED) is 0.892. The number of rotatable bonds is 2. The van der Waals surface area contributed by atoms with E-state index in [9.17, 15) is 0 Å². The summed E-state index contributed by atoms with van der Waals surface area (Å²) in [6.45, 7) is 4.26. The average molecular weight is 270 g/mol.